The maximum absolute atomic E-state index is 12.0. The smallest absolute Gasteiger partial charge is 0.253 e. The van der Waals surface area contributed by atoms with E-state index in [1.807, 2.05) is 6.07 Å². The van der Waals surface area contributed by atoms with Crippen molar-refractivity contribution in [2.24, 2.45) is 0 Å². The number of anilines is 2. The van der Waals surface area contributed by atoms with Crippen LogP contribution in [-0.2, 0) is 9.47 Å². The summed E-state index contributed by atoms with van der Waals surface area (Å²) in [5, 5.41) is 2.65. The maximum Gasteiger partial charge on any atom is 0.253 e. The molecule has 1 aromatic carbocycles. The highest BCUT2D eigenvalue weighted by atomic mass is 16.5. The van der Waals surface area contributed by atoms with Gasteiger partial charge in [0.25, 0.3) is 5.91 Å². The average molecular weight is 279 g/mol. The average Bonchev–Trinajstić information content (AvgIpc) is 2.89. The predicted octanol–water partition coefficient (Wildman–Crippen LogP) is 0.478. The number of rotatable bonds is 4. The summed E-state index contributed by atoms with van der Waals surface area (Å²) in [4.78, 5) is 14.0. The summed E-state index contributed by atoms with van der Waals surface area (Å²) >= 11 is 0. The van der Waals surface area contributed by atoms with E-state index in [9.17, 15) is 4.79 Å². The molecule has 0 aliphatic carbocycles. The first-order chi connectivity index (χ1) is 9.60. The fourth-order valence-electron chi connectivity index (χ4n) is 2.53. The van der Waals surface area contributed by atoms with Crippen LogP contribution in [0.15, 0.2) is 18.2 Å². The van der Waals surface area contributed by atoms with Gasteiger partial charge in [0.1, 0.15) is 12.2 Å². The van der Waals surface area contributed by atoms with E-state index in [4.69, 9.17) is 15.2 Å². The molecule has 1 aliphatic heterocycles. The Bertz CT molecular complexity index is 481. The molecular weight excluding hydrogens is 258 g/mol. The van der Waals surface area contributed by atoms with Gasteiger partial charge in [0.05, 0.1) is 11.3 Å². The molecule has 1 amide bonds. The number of nitrogens with one attached hydrogen (secondary N) is 1. The molecule has 1 aliphatic rings. The van der Waals surface area contributed by atoms with E-state index in [0.29, 0.717) is 24.3 Å². The molecule has 20 heavy (non-hydrogen) atoms. The highest BCUT2D eigenvalue weighted by molar-refractivity contribution is 6.00. The second kappa shape index (κ2) is 6.11. The summed E-state index contributed by atoms with van der Waals surface area (Å²) in [7, 11) is 4.95. The van der Waals surface area contributed by atoms with Crippen LogP contribution in [0.3, 0.4) is 0 Å². The Hall–Kier alpha value is -1.79. The van der Waals surface area contributed by atoms with Crippen molar-refractivity contribution in [2.45, 2.75) is 12.2 Å². The van der Waals surface area contributed by atoms with Crippen LogP contribution in [0.25, 0.3) is 0 Å². The van der Waals surface area contributed by atoms with Gasteiger partial charge >= 0.3 is 0 Å². The van der Waals surface area contributed by atoms with Gasteiger partial charge in [-0.2, -0.15) is 0 Å². The highest BCUT2D eigenvalue weighted by Crippen LogP contribution is 2.28. The van der Waals surface area contributed by atoms with Crippen LogP contribution in [0, 0.1) is 0 Å². The Balaban J connectivity index is 2.33. The molecule has 1 heterocycles. The number of nitrogen functional groups attached to an aromatic ring is 1. The molecule has 1 fully saturated rings. The molecular formula is C14H21N3O3. The first-order valence-corrected chi connectivity index (χ1v) is 6.52. The third kappa shape index (κ3) is 2.71. The van der Waals surface area contributed by atoms with Crippen LogP contribution in [0.5, 0.6) is 0 Å². The van der Waals surface area contributed by atoms with Gasteiger partial charge in [-0.3, -0.25) is 4.79 Å². The number of nitrogens with zero attached hydrogens (tertiary/aromatic N) is 1. The van der Waals surface area contributed by atoms with Crippen LogP contribution in [-0.4, -0.2) is 52.5 Å². The molecule has 2 atom stereocenters. The summed E-state index contributed by atoms with van der Waals surface area (Å²) < 4.78 is 10.8. The SMILES string of the molecule is CNC(=O)c1ccc(N)cc1N1CC(OC)C(OC)C1. The molecule has 3 N–H and O–H groups in total. The molecule has 0 spiro atoms. The van der Waals surface area contributed by atoms with Crippen LogP contribution in [0.1, 0.15) is 10.4 Å². The van der Waals surface area contributed by atoms with Gasteiger partial charge in [-0.1, -0.05) is 0 Å². The zero-order valence-corrected chi connectivity index (χ0v) is 12.1. The Morgan fingerprint density at radius 3 is 2.40 bits per heavy atom. The molecule has 2 rings (SSSR count). The number of hydrogen-bond acceptors (Lipinski definition) is 5. The molecule has 1 aromatic rings. The van der Waals surface area contributed by atoms with Gasteiger partial charge in [-0.05, 0) is 18.2 Å². The molecule has 0 bridgehead atoms. The zero-order valence-electron chi connectivity index (χ0n) is 12.1. The third-order valence-electron chi connectivity index (χ3n) is 3.65. The van der Waals surface area contributed by atoms with E-state index in [-0.39, 0.29) is 18.1 Å². The van der Waals surface area contributed by atoms with Crippen molar-refractivity contribution in [3.05, 3.63) is 23.8 Å². The largest absolute Gasteiger partial charge is 0.399 e. The van der Waals surface area contributed by atoms with E-state index in [0.717, 1.165) is 5.69 Å². The van der Waals surface area contributed by atoms with E-state index >= 15 is 0 Å². The minimum atomic E-state index is -0.130. The van der Waals surface area contributed by atoms with E-state index in [2.05, 4.69) is 10.2 Å². The summed E-state index contributed by atoms with van der Waals surface area (Å²) in [6, 6.07) is 5.28. The lowest BCUT2D eigenvalue weighted by Crippen LogP contribution is -2.27. The zero-order chi connectivity index (χ0) is 14.7. The lowest BCUT2D eigenvalue weighted by atomic mass is 10.1. The van der Waals surface area contributed by atoms with Gasteiger partial charge in [-0.25, -0.2) is 0 Å². The summed E-state index contributed by atoms with van der Waals surface area (Å²) in [5.41, 5.74) is 7.89. The number of methoxy groups -OCH3 is 2. The van der Waals surface area contributed by atoms with Gasteiger partial charge in [0, 0.05) is 40.0 Å². The van der Waals surface area contributed by atoms with Crippen LogP contribution in [0.2, 0.25) is 0 Å². The summed E-state index contributed by atoms with van der Waals surface area (Å²) in [6.45, 7) is 1.34. The van der Waals surface area contributed by atoms with Crippen molar-refractivity contribution in [3.8, 4) is 0 Å². The highest BCUT2D eigenvalue weighted by Gasteiger charge is 2.34. The molecule has 1 saturated heterocycles. The Kier molecular flexibility index (Phi) is 4.46. The van der Waals surface area contributed by atoms with E-state index in [1.165, 1.54) is 0 Å². The molecule has 6 heteroatoms. The number of benzene rings is 1. The quantitative estimate of drug-likeness (QED) is 0.784. The minimum absolute atomic E-state index is 0.0148. The molecule has 6 nitrogen and oxygen atoms in total. The van der Waals surface area contributed by atoms with Gasteiger partial charge in [0.2, 0.25) is 0 Å². The van der Waals surface area contributed by atoms with Crippen molar-refractivity contribution < 1.29 is 14.3 Å². The van der Waals surface area contributed by atoms with Crippen molar-refractivity contribution in [1.82, 2.24) is 5.32 Å². The molecule has 2 unspecified atom stereocenters. The maximum atomic E-state index is 12.0. The first-order valence-electron chi connectivity index (χ1n) is 6.52. The number of carbonyl (C=O) groups is 1. The lowest BCUT2D eigenvalue weighted by molar-refractivity contribution is -0.00461. The van der Waals surface area contributed by atoms with Crippen molar-refractivity contribution in [1.29, 1.82) is 0 Å². The van der Waals surface area contributed by atoms with Gasteiger partial charge in [-0.15, -0.1) is 0 Å². The fraction of sp³-hybridized carbons (Fsp3) is 0.500. The standard InChI is InChI=1S/C14H21N3O3/c1-16-14(18)10-5-4-9(15)6-11(10)17-7-12(19-2)13(8-17)20-3/h4-6,12-13H,7-8,15H2,1-3H3,(H,16,18). The van der Waals surface area contributed by atoms with Crippen LogP contribution < -0.4 is 16.0 Å². The van der Waals surface area contributed by atoms with E-state index < -0.39 is 0 Å². The Morgan fingerprint density at radius 1 is 1.30 bits per heavy atom. The van der Waals surface area contributed by atoms with E-state index in [1.54, 1.807) is 33.4 Å². The third-order valence-corrected chi connectivity index (χ3v) is 3.65. The van der Waals surface area contributed by atoms with Gasteiger partial charge < -0.3 is 25.4 Å². The topological polar surface area (TPSA) is 76.8 Å². The molecule has 110 valence electrons. The number of carbonyl (C=O) groups excluding carboxylic acids is 1. The number of nitrogens with two attached hydrogens (primary N) is 1. The van der Waals surface area contributed by atoms with Crippen molar-refractivity contribution >= 4 is 17.3 Å². The summed E-state index contributed by atoms with van der Waals surface area (Å²) in [5.74, 6) is -0.130. The van der Waals surface area contributed by atoms with Crippen molar-refractivity contribution in [3.63, 3.8) is 0 Å². The first kappa shape index (κ1) is 14.6. The van der Waals surface area contributed by atoms with Crippen LogP contribution >= 0.6 is 0 Å². The molecule has 0 radical (unpaired) electrons. The van der Waals surface area contributed by atoms with Crippen LogP contribution in [0.4, 0.5) is 11.4 Å². The fourth-order valence-corrected chi connectivity index (χ4v) is 2.53. The predicted molar refractivity (Wildman–Crippen MR) is 78.1 cm³/mol. The second-order valence-corrected chi connectivity index (χ2v) is 4.81. The molecule has 0 aromatic heterocycles. The number of hydrogen-bond donors (Lipinski definition) is 2. The number of ether oxygens (including phenoxy) is 2. The number of amides is 1. The second-order valence-electron chi connectivity index (χ2n) is 4.81. The molecule has 0 saturated carbocycles. The lowest BCUT2D eigenvalue weighted by Gasteiger charge is -2.21. The Morgan fingerprint density at radius 2 is 1.90 bits per heavy atom. The minimum Gasteiger partial charge on any atom is -0.399 e. The normalized spacial score (nSPS) is 22.1. The Labute approximate surface area is 118 Å². The summed E-state index contributed by atoms with van der Waals surface area (Å²) in [6.07, 6.45) is -0.0297. The van der Waals surface area contributed by atoms with Gasteiger partial charge in [0.15, 0.2) is 0 Å². The monoisotopic (exact) mass is 279 g/mol. The van der Waals surface area contributed by atoms with Crippen molar-refractivity contribution in [2.75, 3.05) is 45.0 Å².